The van der Waals surface area contributed by atoms with E-state index in [2.05, 4.69) is 17.1 Å². The molecule has 0 spiro atoms. The number of aromatic nitrogens is 1. The molecule has 3 heteroatoms. The summed E-state index contributed by atoms with van der Waals surface area (Å²) in [7, 11) is 0. The smallest absolute Gasteiger partial charge is 0.142 e. The van der Waals surface area contributed by atoms with Gasteiger partial charge in [0.2, 0.25) is 0 Å². The van der Waals surface area contributed by atoms with Crippen molar-refractivity contribution in [2.24, 2.45) is 0 Å². The van der Waals surface area contributed by atoms with Crippen LogP contribution in [0.3, 0.4) is 0 Å². The molecule has 100 valence electrons. The number of benzene rings is 2. The zero-order chi connectivity index (χ0) is 13.8. The van der Waals surface area contributed by atoms with Gasteiger partial charge in [-0.15, -0.1) is 0 Å². The molecular formula is C17H16N2O. The maximum absolute atomic E-state index is 6.13. The van der Waals surface area contributed by atoms with Gasteiger partial charge in [-0.25, -0.2) is 0 Å². The molecule has 20 heavy (non-hydrogen) atoms. The monoisotopic (exact) mass is 264 g/mol. The molecule has 1 aromatic heterocycles. The van der Waals surface area contributed by atoms with Crippen molar-refractivity contribution in [2.45, 2.75) is 6.42 Å². The molecule has 0 aliphatic heterocycles. The fourth-order valence-corrected chi connectivity index (χ4v) is 2.20. The predicted molar refractivity (Wildman–Crippen MR) is 81.8 cm³/mol. The van der Waals surface area contributed by atoms with E-state index in [1.54, 1.807) is 6.20 Å². The molecule has 0 unspecified atom stereocenters. The lowest BCUT2D eigenvalue weighted by molar-refractivity contribution is 0.324. The summed E-state index contributed by atoms with van der Waals surface area (Å²) in [5.41, 5.74) is 8.94. The van der Waals surface area contributed by atoms with Crippen LogP contribution in [-0.2, 0) is 6.42 Å². The number of ether oxygens (including phenoxy) is 1. The van der Waals surface area contributed by atoms with Gasteiger partial charge in [-0.05, 0) is 29.8 Å². The van der Waals surface area contributed by atoms with Crippen molar-refractivity contribution < 1.29 is 4.74 Å². The van der Waals surface area contributed by atoms with Gasteiger partial charge in [0.1, 0.15) is 5.75 Å². The number of pyridine rings is 1. The third-order valence-corrected chi connectivity index (χ3v) is 3.28. The molecule has 1 heterocycles. The lowest BCUT2D eigenvalue weighted by atomic mass is 10.1. The SMILES string of the molecule is Nc1c(OCCc2ccccc2)ccc2ncccc12. The Labute approximate surface area is 118 Å². The van der Waals surface area contributed by atoms with Gasteiger partial charge in [-0.3, -0.25) is 4.98 Å². The van der Waals surface area contributed by atoms with E-state index in [4.69, 9.17) is 10.5 Å². The summed E-state index contributed by atoms with van der Waals surface area (Å²) in [6.07, 6.45) is 2.63. The first-order valence-corrected chi connectivity index (χ1v) is 6.64. The first kappa shape index (κ1) is 12.5. The van der Waals surface area contributed by atoms with E-state index in [9.17, 15) is 0 Å². The highest BCUT2D eigenvalue weighted by atomic mass is 16.5. The molecule has 0 aliphatic rings. The van der Waals surface area contributed by atoms with E-state index in [0.717, 1.165) is 23.1 Å². The standard InChI is InChI=1S/C17H16N2O/c18-17-14-7-4-11-19-15(14)8-9-16(17)20-12-10-13-5-2-1-3-6-13/h1-9,11H,10,12,18H2. The van der Waals surface area contributed by atoms with Gasteiger partial charge in [0.25, 0.3) is 0 Å². The van der Waals surface area contributed by atoms with Crippen molar-refractivity contribution >= 4 is 16.6 Å². The number of nitrogens with zero attached hydrogens (tertiary/aromatic N) is 1. The molecular weight excluding hydrogens is 248 g/mol. The van der Waals surface area contributed by atoms with Crippen molar-refractivity contribution in [3.63, 3.8) is 0 Å². The van der Waals surface area contributed by atoms with E-state index in [-0.39, 0.29) is 0 Å². The Bertz CT molecular complexity index is 711. The Hall–Kier alpha value is -2.55. The molecule has 2 aromatic carbocycles. The molecule has 3 aromatic rings. The first-order chi connectivity index (χ1) is 9.84. The van der Waals surface area contributed by atoms with E-state index in [1.807, 2.05) is 42.5 Å². The van der Waals surface area contributed by atoms with Crippen molar-refractivity contribution in [3.8, 4) is 5.75 Å². The van der Waals surface area contributed by atoms with Crippen LogP contribution in [0, 0.1) is 0 Å². The average Bonchev–Trinajstić information content (AvgIpc) is 2.51. The van der Waals surface area contributed by atoms with Crippen molar-refractivity contribution in [3.05, 3.63) is 66.4 Å². The summed E-state index contributed by atoms with van der Waals surface area (Å²) >= 11 is 0. The van der Waals surface area contributed by atoms with Crippen LogP contribution in [0.4, 0.5) is 5.69 Å². The lowest BCUT2D eigenvalue weighted by Crippen LogP contribution is -2.03. The van der Waals surface area contributed by atoms with E-state index in [0.29, 0.717) is 12.3 Å². The summed E-state index contributed by atoms with van der Waals surface area (Å²) in [5, 5.41) is 0.935. The van der Waals surface area contributed by atoms with Crippen LogP contribution in [0.2, 0.25) is 0 Å². The van der Waals surface area contributed by atoms with Gasteiger partial charge in [-0.1, -0.05) is 30.3 Å². The van der Waals surface area contributed by atoms with Crippen LogP contribution in [0.15, 0.2) is 60.8 Å². The Morgan fingerprint density at radius 3 is 2.65 bits per heavy atom. The molecule has 0 aliphatic carbocycles. The number of nitrogen functional groups attached to an aromatic ring is 1. The topological polar surface area (TPSA) is 48.1 Å². The quantitative estimate of drug-likeness (QED) is 0.734. The first-order valence-electron chi connectivity index (χ1n) is 6.64. The molecule has 3 nitrogen and oxygen atoms in total. The van der Waals surface area contributed by atoms with Gasteiger partial charge >= 0.3 is 0 Å². The number of anilines is 1. The Balaban J connectivity index is 1.73. The van der Waals surface area contributed by atoms with Gasteiger partial charge in [0, 0.05) is 18.0 Å². The zero-order valence-corrected chi connectivity index (χ0v) is 11.1. The highest BCUT2D eigenvalue weighted by molar-refractivity contribution is 5.93. The summed E-state index contributed by atoms with van der Waals surface area (Å²) in [6.45, 7) is 0.611. The van der Waals surface area contributed by atoms with Gasteiger partial charge < -0.3 is 10.5 Å². The summed E-state index contributed by atoms with van der Waals surface area (Å²) < 4.78 is 5.80. The van der Waals surface area contributed by atoms with Crippen molar-refractivity contribution in [1.82, 2.24) is 4.98 Å². The second-order valence-corrected chi connectivity index (χ2v) is 4.63. The summed E-state index contributed by atoms with van der Waals surface area (Å²) in [4.78, 5) is 4.28. The second kappa shape index (κ2) is 5.61. The molecule has 3 rings (SSSR count). The van der Waals surface area contributed by atoms with E-state index in [1.165, 1.54) is 5.56 Å². The summed E-state index contributed by atoms with van der Waals surface area (Å²) in [6, 6.07) is 17.9. The minimum absolute atomic E-state index is 0.611. The Morgan fingerprint density at radius 1 is 0.950 bits per heavy atom. The van der Waals surface area contributed by atoms with Crippen LogP contribution >= 0.6 is 0 Å². The lowest BCUT2D eigenvalue weighted by Gasteiger charge is -2.10. The summed E-state index contributed by atoms with van der Waals surface area (Å²) in [5.74, 6) is 0.724. The van der Waals surface area contributed by atoms with E-state index < -0.39 is 0 Å². The number of fused-ring (bicyclic) bond motifs is 1. The van der Waals surface area contributed by atoms with Crippen molar-refractivity contribution in [1.29, 1.82) is 0 Å². The molecule has 0 atom stereocenters. The average molecular weight is 264 g/mol. The van der Waals surface area contributed by atoms with Crippen molar-refractivity contribution in [2.75, 3.05) is 12.3 Å². The fraction of sp³-hybridized carbons (Fsp3) is 0.118. The van der Waals surface area contributed by atoms with Crippen LogP contribution in [-0.4, -0.2) is 11.6 Å². The highest BCUT2D eigenvalue weighted by Crippen LogP contribution is 2.29. The Kier molecular flexibility index (Phi) is 3.50. The third kappa shape index (κ3) is 2.57. The number of rotatable bonds is 4. The molecule has 0 fully saturated rings. The molecule has 0 saturated heterocycles. The maximum atomic E-state index is 6.13. The van der Waals surface area contributed by atoms with Gasteiger partial charge in [-0.2, -0.15) is 0 Å². The molecule has 0 saturated carbocycles. The molecule has 0 amide bonds. The third-order valence-electron chi connectivity index (χ3n) is 3.28. The fourth-order valence-electron chi connectivity index (χ4n) is 2.20. The largest absolute Gasteiger partial charge is 0.491 e. The minimum Gasteiger partial charge on any atom is -0.491 e. The number of hydrogen-bond acceptors (Lipinski definition) is 3. The zero-order valence-electron chi connectivity index (χ0n) is 11.1. The van der Waals surface area contributed by atoms with Crippen LogP contribution < -0.4 is 10.5 Å². The highest BCUT2D eigenvalue weighted by Gasteiger charge is 2.05. The van der Waals surface area contributed by atoms with Crippen LogP contribution in [0.5, 0.6) is 5.75 Å². The van der Waals surface area contributed by atoms with Crippen LogP contribution in [0.1, 0.15) is 5.56 Å². The number of nitrogens with two attached hydrogens (primary N) is 1. The van der Waals surface area contributed by atoms with Crippen LogP contribution in [0.25, 0.3) is 10.9 Å². The molecule has 0 bridgehead atoms. The predicted octanol–water partition coefficient (Wildman–Crippen LogP) is 3.44. The number of hydrogen-bond donors (Lipinski definition) is 1. The minimum atomic E-state index is 0.611. The Morgan fingerprint density at radius 2 is 1.80 bits per heavy atom. The molecule has 0 radical (unpaired) electrons. The van der Waals surface area contributed by atoms with Gasteiger partial charge in [0.15, 0.2) is 0 Å². The molecule has 2 N–H and O–H groups in total. The maximum Gasteiger partial charge on any atom is 0.142 e. The normalized spacial score (nSPS) is 10.6. The van der Waals surface area contributed by atoms with Gasteiger partial charge in [0.05, 0.1) is 17.8 Å². The second-order valence-electron chi connectivity index (χ2n) is 4.63. The van der Waals surface area contributed by atoms with E-state index >= 15 is 0 Å².